The molecule has 0 spiro atoms. The van der Waals surface area contributed by atoms with Gasteiger partial charge >= 0.3 is 42.9 Å². The van der Waals surface area contributed by atoms with E-state index in [1.54, 1.807) is 0 Å². The van der Waals surface area contributed by atoms with Gasteiger partial charge in [-0.2, -0.15) is 0 Å². The first-order chi connectivity index (χ1) is 23.9. The topological polar surface area (TPSA) is 176 Å². The Balaban J connectivity index is -0.000000417. The molecule has 0 unspecified atom stereocenters. The van der Waals surface area contributed by atoms with Crippen molar-refractivity contribution in [1.29, 1.82) is 0 Å². The third-order valence-corrected chi connectivity index (χ3v) is 8.01. The summed E-state index contributed by atoms with van der Waals surface area (Å²) in [7, 11) is 1.45. The molecule has 0 radical (unpaired) electrons. The fourth-order valence-electron chi connectivity index (χ4n) is 5.15. The average Bonchev–Trinajstić information content (AvgIpc) is 3.08. The predicted octanol–water partition coefficient (Wildman–Crippen LogP) is 6.17. The van der Waals surface area contributed by atoms with Gasteiger partial charge in [-0.05, 0) is 52.4 Å². The molecule has 0 bridgehead atoms. The summed E-state index contributed by atoms with van der Waals surface area (Å²) in [6.45, 7) is 6.32. The second-order valence-electron chi connectivity index (χ2n) is 12.5. The molecule has 0 fully saturated rings. The summed E-state index contributed by atoms with van der Waals surface area (Å²) in [5, 5.41) is 19.5. The van der Waals surface area contributed by atoms with Crippen molar-refractivity contribution in [3.63, 3.8) is 0 Å². The van der Waals surface area contributed by atoms with Gasteiger partial charge in [0.2, 0.25) is 0 Å². The molecular formula is C39H75LiN4O7. The smallest absolute Gasteiger partial charge is 0.870 e. The molecule has 0 heterocycles. The molecule has 11 nitrogen and oxygen atoms in total. The zero-order chi connectivity index (χ0) is 36.5. The Labute approximate surface area is 323 Å². The molecule has 0 aromatic carbocycles. The molecule has 12 heteroatoms. The number of rotatable bonds is 32. The van der Waals surface area contributed by atoms with Crippen LogP contribution in [-0.2, 0) is 14.3 Å². The summed E-state index contributed by atoms with van der Waals surface area (Å²) in [5.41, 5.74) is 0. The Hall–Kier alpha value is -2.48. The van der Waals surface area contributed by atoms with Gasteiger partial charge in [0, 0.05) is 39.0 Å². The van der Waals surface area contributed by atoms with E-state index in [-0.39, 0.29) is 42.4 Å². The number of carbonyl (C=O) groups is 4. The van der Waals surface area contributed by atoms with Crippen LogP contribution in [0.5, 0.6) is 0 Å². The molecule has 0 aliphatic heterocycles. The van der Waals surface area contributed by atoms with Crippen molar-refractivity contribution in [2.75, 3.05) is 33.3 Å². The van der Waals surface area contributed by atoms with Crippen LogP contribution in [0.2, 0.25) is 0 Å². The number of hydrogen-bond donors (Lipinski definition) is 5. The van der Waals surface area contributed by atoms with Gasteiger partial charge in [-0.1, -0.05) is 127 Å². The van der Waals surface area contributed by atoms with E-state index in [0.29, 0.717) is 39.0 Å². The predicted molar refractivity (Wildman–Crippen MR) is 205 cm³/mol. The maximum absolute atomic E-state index is 11.1. The number of urea groups is 2. The molecule has 0 aliphatic rings. The fourth-order valence-corrected chi connectivity index (χ4v) is 5.15. The van der Waals surface area contributed by atoms with E-state index >= 15 is 0 Å². The Bertz CT molecular complexity index is 844. The summed E-state index contributed by atoms with van der Waals surface area (Å²) in [6.07, 6.45) is 35.7. The number of carboxylic acid groups (broad SMARTS) is 1. The van der Waals surface area contributed by atoms with Gasteiger partial charge < -0.3 is 36.6 Å². The van der Waals surface area contributed by atoms with Crippen molar-refractivity contribution in [3.05, 3.63) is 24.3 Å². The maximum Gasteiger partial charge on any atom is 1.00 e. The molecule has 0 saturated carbocycles. The first-order valence-electron chi connectivity index (χ1n) is 19.5. The van der Waals surface area contributed by atoms with Crippen molar-refractivity contribution in [2.24, 2.45) is 0 Å². The Morgan fingerprint density at radius 1 is 0.490 bits per heavy atom. The van der Waals surface area contributed by atoms with E-state index in [1.165, 1.54) is 110 Å². The molecule has 0 aromatic rings. The van der Waals surface area contributed by atoms with Crippen molar-refractivity contribution in [1.82, 2.24) is 21.3 Å². The molecule has 0 aromatic heterocycles. The summed E-state index contributed by atoms with van der Waals surface area (Å²) in [6, 6.07) is -0.209. The fraction of sp³-hybridized carbons (Fsp3) is 0.795. The van der Waals surface area contributed by atoms with Crippen molar-refractivity contribution in [2.45, 2.75) is 168 Å². The molecular weight excluding hydrogens is 643 g/mol. The first kappa shape index (κ1) is 55.3. The number of hydrogen-bond acceptors (Lipinski definition) is 6. The van der Waals surface area contributed by atoms with Crippen molar-refractivity contribution < 1.29 is 53.4 Å². The van der Waals surface area contributed by atoms with E-state index in [0.717, 1.165) is 38.5 Å². The minimum atomic E-state index is -0.678. The van der Waals surface area contributed by atoms with Gasteiger partial charge in [0.05, 0.1) is 7.11 Å². The third kappa shape index (κ3) is 52.0. The van der Waals surface area contributed by atoms with Crippen LogP contribution in [0, 0.1) is 0 Å². The maximum atomic E-state index is 11.1. The second kappa shape index (κ2) is 47.5. The minimum absolute atomic E-state index is 0. The number of ether oxygens (including phenoxy) is 1. The van der Waals surface area contributed by atoms with Gasteiger partial charge in [-0.25, -0.2) is 9.59 Å². The van der Waals surface area contributed by atoms with E-state index in [9.17, 15) is 19.2 Å². The van der Waals surface area contributed by atoms with Crippen LogP contribution in [0.15, 0.2) is 24.3 Å². The molecule has 294 valence electrons. The van der Waals surface area contributed by atoms with Crippen LogP contribution in [0.3, 0.4) is 0 Å². The zero-order valence-corrected chi connectivity index (χ0v) is 33.0. The summed E-state index contributed by atoms with van der Waals surface area (Å²) < 4.78 is 4.63. The van der Waals surface area contributed by atoms with E-state index in [4.69, 9.17) is 5.11 Å². The van der Waals surface area contributed by atoms with Crippen molar-refractivity contribution >= 4 is 24.0 Å². The van der Waals surface area contributed by atoms with E-state index in [1.807, 2.05) is 26.0 Å². The molecule has 0 saturated heterocycles. The van der Waals surface area contributed by atoms with Crippen LogP contribution in [0.1, 0.15) is 168 Å². The van der Waals surface area contributed by atoms with Gasteiger partial charge in [0.15, 0.2) is 0 Å². The molecule has 51 heavy (non-hydrogen) atoms. The number of esters is 1. The third-order valence-electron chi connectivity index (χ3n) is 8.01. The standard InChI is InChI=1S/C20H38N2O3.C19H36N2O3.Li.H2O/c1-3-21-20(24)22-18-16-14-12-10-8-6-4-5-7-9-11-13-15-17-19(23)25-2;1-2-20-19(24)21-17-15-13-11-9-7-5-3-4-6-8-10-12-14-16-18(22)23;;/h14,16H,3-13,15,17-18H2,1-2H3,(H2,21,22,24);13,15H,2-12,14,16-17H2,1H3,(H,22,23)(H2,20,21,24);;1H2/q;;+1;/p-1/b16-14-;15-13-;;. The number of amides is 4. The summed E-state index contributed by atoms with van der Waals surface area (Å²) in [5.74, 6) is -0.767. The number of nitrogens with one attached hydrogen (secondary N) is 4. The number of carbonyl (C=O) groups excluding carboxylic acids is 3. The molecule has 0 rings (SSSR count). The zero-order valence-electron chi connectivity index (χ0n) is 33.0. The van der Waals surface area contributed by atoms with Gasteiger partial charge in [0.1, 0.15) is 0 Å². The average molecular weight is 719 g/mol. The normalized spacial score (nSPS) is 10.4. The van der Waals surface area contributed by atoms with Crippen LogP contribution < -0.4 is 40.1 Å². The number of methoxy groups -OCH3 is 1. The largest absolute Gasteiger partial charge is 1.00 e. The number of unbranched alkanes of at least 4 members (excludes halogenated alkanes) is 20. The monoisotopic (exact) mass is 719 g/mol. The summed E-state index contributed by atoms with van der Waals surface area (Å²) in [4.78, 5) is 43.6. The van der Waals surface area contributed by atoms with Crippen LogP contribution >= 0.6 is 0 Å². The second-order valence-corrected chi connectivity index (χ2v) is 12.5. The van der Waals surface area contributed by atoms with Gasteiger partial charge in [-0.15, -0.1) is 0 Å². The van der Waals surface area contributed by atoms with Crippen LogP contribution in [0.25, 0.3) is 0 Å². The molecule has 6 N–H and O–H groups in total. The van der Waals surface area contributed by atoms with E-state index < -0.39 is 5.97 Å². The molecule has 4 amide bonds. The number of aliphatic carboxylic acids is 1. The van der Waals surface area contributed by atoms with Gasteiger partial charge in [0.25, 0.3) is 0 Å². The molecule has 0 aliphatic carbocycles. The SMILES string of the molecule is CCNC(=O)NC/C=C\CCCCCCCCCCCCC(=O)O.CCNC(=O)NC/C=C\CCCCCCCCCCCCC(=O)OC.[Li+].[OH-]. The number of allylic oxidation sites excluding steroid dienone is 2. The Kier molecular flexibility index (Phi) is 51.5. The van der Waals surface area contributed by atoms with Crippen LogP contribution in [0.4, 0.5) is 9.59 Å². The number of carboxylic acids is 1. The van der Waals surface area contributed by atoms with Crippen LogP contribution in [-0.4, -0.2) is 67.9 Å². The Morgan fingerprint density at radius 3 is 1.12 bits per heavy atom. The summed E-state index contributed by atoms with van der Waals surface area (Å²) >= 11 is 0. The molecule has 0 atom stereocenters. The quantitative estimate of drug-likeness (QED) is 0.0239. The minimum Gasteiger partial charge on any atom is -0.870 e. The van der Waals surface area contributed by atoms with E-state index in [2.05, 4.69) is 38.2 Å². The first-order valence-corrected chi connectivity index (χ1v) is 19.5. The van der Waals surface area contributed by atoms with Gasteiger partial charge in [-0.3, -0.25) is 9.59 Å². The van der Waals surface area contributed by atoms with Crippen molar-refractivity contribution in [3.8, 4) is 0 Å². The Morgan fingerprint density at radius 2 is 0.804 bits per heavy atom.